The Balaban J connectivity index is 2.35. The summed E-state index contributed by atoms with van der Waals surface area (Å²) in [4.78, 5) is 11.9. The molecule has 0 fully saturated rings. The summed E-state index contributed by atoms with van der Waals surface area (Å²) in [6, 6.07) is 12.2. The number of allylic oxidation sites excluding steroid dienone is 1. The second-order valence-electron chi connectivity index (χ2n) is 3.98. The van der Waals surface area contributed by atoms with E-state index in [1.807, 2.05) is 30.3 Å². The molecule has 0 bridgehead atoms. The minimum absolute atomic E-state index is 0.190. The molecule has 16 heavy (non-hydrogen) atoms. The first-order valence-corrected chi connectivity index (χ1v) is 5.95. The number of carbonyl (C=O) groups excluding carboxylic acids is 1. The van der Waals surface area contributed by atoms with E-state index in [2.05, 4.69) is 28.1 Å². The molecule has 0 saturated carbocycles. The standard InChI is InChI=1S/C14H9BrO/c15-12-6-11-5-9-3-1-2-4-10(9)7-13(11)14(16)8-12/h1-7H,8H2. The van der Waals surface area contributed by atoms with Crippen molar-refractivity contribution in [2.24, 2.45) is 0 Å². The molecule has 2 heteroatoms. The molecule has 1 aliphatic carbocycles. The molecule has 0 unspecified atom stereocenters. The van der Waals surface area contributed by atoms with Crippen molar-refractivity contribution >= 4 is 38.6 Å². The van der Waals surface area contributed by atoms with Gasteiger partial charge in [-0.1, -0.05) is 40.2 Å². The van der Waals surface area contributed by atoms with E-state index in [1.54, 1.807) is 0 Å². The molecular formula is C14H9BrO. The van der Waals surface area contributed by atoms with Gasteiger partial charge in [0.25, 0.3) is 0 Å². The summed E-state index contributed by atoms with van der Waals surface area (Å²) in [5, 5.41) is 2.30. The van der Waals surface area contributed by atoms with Crippen LogP contribution in [0.5, 0.6) is 0 Å². The van der Waals surface area contributed by atoms with Crippen LogP contribution < -0.4 is 0 Å². The van der Waals surface area contributed by atoms with E-state index in [-0.39, 0.29) is 5.78 Å². The van der Waals surface area contributed by atoms with Gasteiger partial charge in [-0.15, -0.1) is 0 Å². The Morgan fingerprint density at radius 1 is 1.06 bits per heavy atom. The highest BCUT2D eigenvalue weighted by molar-refractivity contribution is 9.11. The van der Waals surface area contributed by atoms with Crippen molar-refractivity contribution in [2.75, 3.05) is 0 Å². The lowest BCUT2D eigenvalue weighted by Gasteiger charge is -2.13. The van der Waals surface area contributed by atoms with Gasteiger partial charge in [-0.05, 0) is 34.5 Å². The van der Waals surface area contributed by atoms with Crippen molar-refractivity contribution in [2.45, 2.75) is 6.42 Å². The van der Waals surface area contributed by atoms with Crippen LogP contribution in [0.2, 0.25) is 0 Å². The van der Waals surface area contributed by atoms with E-state index in [0.717, 1.165) is 21.0 Å². The SMILES string of the molecule is O=C1CC(Br)=Cc2cc3ccccc3cc21. The van der Waals surface area contributed by atoms with Gasteiger partial charge in [0.2, 0.25) is 0 Å². The van der Waals surface area contributed by atoms with E-state index in [9.17, 15) is 4.79 Å². The van der Waals surface area contributed by atoms with Gasteiger partial charge in [-0.2, -0.15) is 0 Å². The molecule has 3 rings (SSSR count). The van der Waals surface area contributed by atoms with Crippen LogP contribution >= 0.6 is 15.9 Å². The molecule has 0 aromatic heterocycles. The summed E-state index contributed by atoms with van der Waals surface area (Å²) in [6.45, 7) is 0. The monoisotopic (exact) mass is 272 g/mol. The predicted octanol–water partition coefficient (Wildman–Crippen LogP) is 4.16. The van der Waals surface area contributed by atoms with Crippen LogP contribution in [0.1, 0.15) is 22.3 Å². The zero-order chi connectivity index (χ0) is 11.1. The molecule has 0 N–H and O–H groups in total. The van der Waals surface area contributed by atoms with Crippen molar-refractivity contribution in [3.63, 3.8) is 0 Å². The maximum Gasteiger partial charge on any atom is 0.168 e. The zero-order valence-corrected chi connectivity index (χ0v) is 10.1. The zero-order valence-electron chi connectivity index (χ0n) is 8.53. The molecule has 1 nitrogen and oxygen atoms in total. The Bertz CT molecular complexity index is 626. The van der Waals surface area contributed by atoms with Crippen molar-refractivity contribution in [3.8, 4) is 0 Å². The number of benzene rings is 2. The average Bonchev–Trinajstić information content (AvgIpc) is 2.27. The summed E-state index contributed by atoms with van der Waals surface area (Å²) in [7, 11) is 0. The maximum atomic E-state index is 11.9. The van der Waals surface area contributed by atoms with E-state index in [1.165, 1.54) is 5.39 Å². The minimum Gasteiger partial charge on any atom is -0.294 e. The van der Waals surface area contributed by atoms with Crippen LogP contribution in [-0.4, -0.2) is 5.78 Å². The second kappa shape index (κ2) is 3.56. The number of Topliss-reactive ketones (excluding diaryl/α,β-unsaturated/α-hetero) is 1. The highest BCUT2D eigenvalue weighted by Gasteiger charge is 2.17. The van der Waals surface area contributed by atoms with Gasteiger partial charge in [-0.3, -0.25) is 4.79 Å². The van der Waals surface area contributed by atoms with Crippen LogP contribution in [0.25, 0.3) is 16.8 Å². The number of ketones is 1. The van der Waals surface area contributed by atoms with E-state index in [0.29, 0.717) is 6.42 Å². The first kappa shape index (κ1) is 9.79. The predicted molar refractivity (Wildman–Crippen MR) is 69.8 cm³/mol. The van der Waals surface area contributed by atoms with E-state index < -0.39 is 0 Å². The lowest BCUT2D eigenvalue weighted by atomic mass is 9.93. The molecule has 2 aromatic carbocycles. The number of carbonyl (C=O) groups is 1. The van der Waals surface area contributed by atoms with Crippen molar-refractivity contribution < 1.29 is 4.79 Å². The van der Waals surface area contributed by atoms with E-state index >= 15 is 0 Å². The largest absolute Gasteiger partial charge is 0.294 e. The third-order valence-corrected chi connectivity index (χ3v) is 3.37. The van der Waals surface area contributed by atoms with Gasteiger partial charge in [0.15, 0.2) is 5.78 Å². The summed E-state index contributed by atoms with van der Waals surface area (Å²) >= 11 is 3.40. The summed E-state index contributed by atoms with van der Waals surface area (Å²) in [6.07, 6.45) is 2.51. The van der Waals surface area contributed by atoms with Crippen molar-refractivity contribution in [1.82, 2.24) is 0 Å². The molecule has 1 aliphatic rings. The van der Waals surface area contributed by atoms with Gasteiger partial charge in [0.1, 0.15) is 0 Å². The topological polar surface area (TPSA) is 17.1 Å². The molecule has 0 atom stereocenters. The molecule has 0 aliphatic heterocycles. The highest BCUT2D eigenvalue weighted by atomic mass is 79.9. The fraction of sp³-hybridized carbons (Fsp3) is 0.0714. The first-order chi connectivity index (χ1) is 7.74. The van der Waals surface area contributed by atoms with Crippen molar-refractivity contribution in [3.05, 3.63) is 52.0 Å². The van der Waals surface area contributed by atoms with Crippen LogP contribution in [-0.2, 0) is 0 Å². The Hall–Kier alpha value is -1.41. The third kappa shape index (κ3) is 1.50. The lowest BCUT2D eigenvalue weighted by molar-refractivity contribution is 0.0994. The molecular weight excluding hydrogens is 264 g/mol. The molecule has 0 saturated heterocycles. The fourth-order valence-corrected chi connectivity index (χ4v) is 2.59. The normalized spacial score (nSPS) is 14.8. The fourth-order valence-electron chi connectivity index (χ4n) is 2.09. The maximum absolute atomic E-state index is 11.9. The van der Waals surface area contributed by atoms with Crippen LogP contribution in [0.4, 0.5) is 0 Å². The molecule has 0 heterocycles. The quantitative estimate of drug-likeness (QED) is 0.704. The Morgan fingerprint density at radius 3 is 2.50 bits per heavy atom. The number of hydrogen-bond donors (Lipinski definition) is 0. The van der Waals surface area contributed by atoms with Gasteiger partial charge >= 0.3 is 0 Å². The Morgan fingerprint density at radius 2 is 1.75 bits per heavy atom. The molecule has 2 aromatic rings. The number of hydrogen-bond acceptors (Lipinski definition) is 1. The van der Waals surface area contributed by atoms with Crippen LogP contribution in [0.3, 0.4) is 0 Å². The van der Waals surface area contributed by atoms with Crippen molar-refractivity contribution in [1.29, 1.82) is 0 Å². The van der Waals surface area contributed by atoms with Gasteiger partial charge in [0.05, 0.1) is 0 Å². The van der Waals surface area contributed by atoms with Gasteiger partial charge in [-0.25, -0.2) is 0 Å². The van der Waals surface area contributed by atoms with E-state index in [4.69, 9.17) is 0 Å². The second-order valence-corrected chi connectivity index (χ2v) is 5.00. The number of rotatable bonds is 0. The number of halogens is 1. The van der Waals surface area contributed by atoms with Crippen LogP contribution in [0.15, 0.2) is 40.9 Å². The lowest BCUT2D eigenvalue weighted by Crippen LogP contribution is -2.06. The number of fused-ring (bicyclic) bond motifs is 2. The first-order valence-electron chi connectivity index (χ1n) is 5.16. The van der Waals surface area contributed by atoms with Crippen LogP contribution in [0, 0.1) is 0 Å². The summed E-state index contributed by atoms with van der Waals surface area (Å²) in [5.41, 5.74) is 1.85. The smallest absolute Gasteiger partial charge is 0.168 e. The minimum atomic E-state index is 0.190. The summed E-state index contributed by atoms with van der Waals surface area (Å²) in [5.74, 6) is 0.190. The molecule has 0 spiro atoms. The van der Waals surface area contributed by atoms with Gasteiger partial charge < -0.3 is 0 Å². The molecule has 0 amide bonds. The molecule has 0 radical (unpaired) electrons. The molecule has 78 valence electrons. The average molecular weight is 273 g/mol. The highest BCUT2D eigenvalue weighted by Crippen LogP contribution is 2.30. The van der Waals surface area contributed by atoms with Gasteiger partial charge in [0, 0.05) is 16.5 Å². The third-order valence-electron chi connectivity index (χ3n) is 2.86. The summed E-state index contributed by atoms with van der Waals surface area (Å²) < 4.78 is 0.959. The Labute approximate surface area is 102 Å². The Kier molecular flexibility index (Phi) is 2.18.